The van der Waals surface area contributed by atoms with Gasteiger partial charge in [0.1, 0.15) is 0 Å². The van der Waals surface area contributed by atoms with Gasteiger partial charge < -0.3 is 5.32 Å². The van der Waals surface area contributed by atoms with Gasteiger partial charge >= 0.3 is 5.76 Å². The fourth-order valence-electron chi connectivity index (χ4n) is 3.36. The molecular formula is C22H20ClN5O3. The van der Waals surface area contributed by atoms with E-state index in [1.165, 1.54) is 0 Å². The van der Waals surface area contributed by atoms with Crippen molar-refractivity contribution in [1.29, 1.82) is 0 Å². The second kappa shape index (κ2) is 8.23. The van der Waals surface area contributed by atoms with Crippen LogP contribution in [-0.2, 0) is 11.2 Å². The van der Waals surface area contributed by atoms with Crippen LogP contribution in [-0.4, -0.2) is 25.8 Å². The summed E-state index contributed by atoms with van der Waals surface area (Å²) in [4.78, 5) is 26.4. The summed E-state index contributed by atoms with van der Waals surface area (Å²) in [5.74, 6) is -0.522. The standard InChI is InChI=1S/C22H20ClN5O3/c1-12-7-8-17(10-19(12)23)28-14(3)18(13(2)26-28)11-20(29)24-16-6-4-5-15(9-16)21-25-22(30)31-27-21/h4-10H,11H2,1-3H3,(H,24,29)(H,25,27,30). The lowest BCUT2D eigenvalue weighted by molar-refractivity contribution is -0.115. The smallest absolute Gasteiger partial charge is 0.326 e. The minimum Gasteiger partial charge on any atom is -0.326 e. The number of amides is 1. The molecule has 1 amide bonds. The summed E-state index contributed by atoms with van der Waals surface area (Å²) in [5, 5.41) is 11.8. The van der Waals surface area contributed by atoms with Gasteiger partial charge in [0, 0.05) is 27.5 Å². The van der Waals surface area contributed by atoms with Crippen LogP contribution in [0.2, 0.25) is 5.02 Å². The van der Waals surface area contributed by atoms with Gasteiger partial charge in [0.15, 0.2) is 5.82 Å². The lowest BCUT2D eigenvalue weighted by Crippen LogP contribution is -2.15. The van der Waals surface area contributed by atoms with Gasteiger partial charge in [-0.1, -0.05) is 35.0 Å². The lowest BCUT2D eigenvalue weighted by atomic mass is 10.1. The van der Waals surface area contributed by atoms with E-state index in [4.69, 9.17) is 11.6 Å². The van der Waals surface area contributed by atoms with E-state index in [9.17, 15) is 9.59 Å². The third-order valence-electron chi connectivity index (χ3n) is 5.04. The highest BCUT2D eigenvalue weighted by atomic mass is 35.5. The Bertz CT molecular complexity index is 1340. The maximum atomic E-state index is 12.7. The number of anilines is 1. The van der Waals surface area contributed by atoms with Gasteiger partial charge in [0.05, 0.1) is 17.8 Å². The number of aryl methyl sites for hydroxylation is 2. The van der Waals surface area contributed by atoms with Gasteiger partial charge in [-0.25, -0.2) is 9.48 Å². The Balaban J connectivity index is 1.53. The molecule has 9 heteroatoms. The molecular weight excluding hydrogens is 418 g/mol. The van der Waals surface area contributed by atoms with E-state index in [1.54, 1.807) is 28.9 Å². The number of nitrogens with zero attached hydrogens (tertiary/aromatic N) is 3. The van der Waals surface area contributed by atoms with E-state index >= 15 is 0 Å². The van der Waals surface area contributed by atoms with Crippen molar-refractivity contribution in [3.8, 4) is 17.1 Å². The third kappa shape index (κ3) is 4.29. The van der Waals surface area contributed by atoms with Crippen molar-refractivity contribution >= 4 is 23.2 Å². The number of aromatic nitrogens is 4. The first-order valence-electron chi connectivity index (χ1n) is 9.59. The molecule has 0 radical (unpaired) electrons. The molecule has 4 rings (SSSR count). The van der Waals surface area contributed by atoms with Gasteiger partial charge in [0.2, 0.25) is 5.91 Å². The Morgan fingerprint density at radius 3 is 2.71 bits per heavy atom. The van der Waals surface area contributed by atoms with Crippen LogP contribution >= 0.6 is 11.6 Å². The molecule has 0 aliphatic heterocycles. The van der Waals surface area contributed by atoms with Crippen molar-refractivity contribution in [2.75, 3.05) is 5.32 Å². The number of hydrogen-bond acceptors (Lipinski definition) is 5. The van der Waals surface area contributed by atoms with Crippen LogP contribution in [0.15, 0.2) is 51.8 Å². The molecule has 158 valence electrons. The van der Waals surface area contributed by atoms with E-state index in [0.29, 0.717) is 22.1 Å². The van der Waals surface area contributed by atoms with E-state index < -0.39 is 5.76 Å². The molecule has 31 heavy (non-hydrogen) atoms. The Hall–Kier alpha value is -3.65. The van der Waals surface area contributed by atoms with Crippen molar-refractivity contribution in [3.63, 3.8) is 0 Å². The molecule has 8 nitrogen and oxygen atoms in total. The highest BCUT2D eigenvalue weighted by molar-refractivity contribution is 6.31. The molecule has 0 fully saturated rings. The highest BCUT2D eigenvalue weighted by Gasteiger charge is 2.17. The molecule has 0 aliphatic rings. The van der Waals surface area contributed by atoms with Crippen molar-refractivity contribution < 1.29 is 9.32 Å². The molecule has 0 saturated heterocycles. The SMILES string of the molecule is Cc1ccc(-n2nc(C)c(CC(=O)Nc3cccc(-c4noc(=O)[nH]4)c3)c2C)cc1Cl. The quantitative estimate of drug-likeness (QED) is 0.491. The van der Waals surface area contributed by atoms with Crippen molar-refractivity contribution in [1.82, 2.24) is 19.9 Å². The largest absolute Gasteiger partial charge is 0.439 e. The Kier molecular flexibility index (Phi) is 5.48. The number of benzene rings is 2. The number of hydrogen-bond donors (Lipinski definition) is 2. The number of carbonyl (C=O) groups excluding carboxylic acids is 1. The average molecular weight is 438 g/mol. The summed E-state index contributed by atoms with van der Waals surface area (Å²) in [6.07, 6.45) is 0.169. The number of halogens is 1. The van der Waals surface area contributed by atoms with Crippen molar-refractivity contribution in [2.45, 2.75) is 27.2 Å². The molecule has 0 saturated carbocycles. The second-order valence-corrected chi connectivity index (χ2v) is 7.65. The first-order valence-corrected chi connectivity index (χ1v) is 9.97. The molecule has 0 aliphatic carbocycles. The number of aromatic amines is 1. The molecule has 2 heterocycles. The van der Waals surface area contributed by atoms with Gasteiger partial charge in [-0.15, -0.1) is 0 Å². The molecule has 2 aromatic heterocycles. The van der Waals surface area contributed by atoms with E-state index in [0.717, 1.165) is 28.2 Å². The summed E-state index contributed by atoms with van der Waals surface area (Å²) < 4.78 is 6.33. The topological polar surface area (TPSA) is 106 Å². The number of H-pyrrole nitrogens is 1. The average Bonchev–Trinajstić information content (AvgIpc) is 3.29. The second-order valence-electron chi connectivity index (χ2n) is 7.24. The van der Waals surface area contributed by atoms with Crippen LogP contribution in [0.25, 0.3) is 17.1 Å². The molecule has 4 aromatic rings. The zero-order chi connectivity index (χ0) is 22.1. The van der Waals surface area contributed by atoms with E-state index in [-0.39, 0.29) is 12.3 Å². The van der Waals surface area contributed by atoms with E-state index in [2.05, 4.69) is 25.1 Å². The highest BCUT2D eigenvalue weighted by Crippen LogP contribution is 2.24. The fourth-order valence-corrected chi connectivity index (χ4v) is 3.53. The Morgan fingerprint density at radius 2 is 2.00 bits per heavy atom. The van der Waals surface area contributed by atoms with Crippen LogP contribution in [0.3, 0.4) is 0 Å². The zero-order valence-corrected chi connectivity index (χ0v) is 17.9. The number of nitrogens with one attached hydrogen (secondary N) is 2. The predicted octanol–water partition coefficient (Wildman–Crippen LogP) is 3.98. The van der Waals surface area contributed by atoms with Crippen molar-refractivity contribution in [2.24, 2.45) is 0 Å². The lowest BCUT2D eigenvalue weighted by Gasteiger charge is -2.08. The van der Waals surface area contributed by atoms with Crippen LogP contribution < -0.4 is 11.1 Å². The van der Waals surface area contributed by atoms with E-state index in [1.807, 2.05) is 39.0 Å². The number of carbonyl (C=O) groups is 1. The minimum atomic E-state index is -0.637. The zero-order valence-electron chi connectivity index (χ0n) is 17.2. The van der Waals surface area contributed by atoms with Crippen LogP contribution in [0.1, 0.15) is 22.5 Å². The number of rotatable bonds is 5. The molecule has 0 bridgehead atoms. The summed E-state index contributed by atoms with van der Waals surface area (Å²) in [6, 6.07) is 12.7. The maximum absolute atomic E-state index is 12.7. The Morgan fingerprint density at radius 1 is 1.19 bits per heavy atom. The molecule has 2 aromatic carbocycles. The summed E-state index contributed by atoms with van der Waals surface area (Å²) in [5.41, 5.74) is 5.55. The van der Waals surface area contributed by atoms with Crippen molar-refractivity contribution in [3.05, 3.63) is 80.6 Å². The summed E-state index contributed by atoms with van der Waals surface area (Å²) >= 11 is 6.26. The van der Waals surface area contributed by atoms with Gasteiger partial charge in [-0.05, 0) is 50.6 Å². The van der Waals surface area contributed by atoms with Crippen LogP contribution in [0, 0.1) is 20.8 Å². The minimum absolute atomic E-state index is 0.169. The monoisotopic (exact) mass is 437 g/mol. The summed E-state index contributed by atoms with van der Waals surface area (Å²) in [6.45, 7) is 5.75. The summed E-state index contributed by atoms with van der Waals surface area (Å²) in [7, 11) is 0. The molecule has 0 spiro atoms. The predicted molar refractivity (Wildman–Crippen MR) is 118 cm³/mol. The van der Waals surface area contributed by atoms with Gasteiger partial charge in [0.25, 0.3) is 0 Å². The van der Waals surface area contributed by atoms with Crippen LogP contribution in [0.5, 0.6) is 0 Å². The van der Waals surface area contributed by atoms with Gasteiger partial charge in [-0.3, -0.25) is 14.3 Å². The first kappa shape index (κ1) is 20.6. The van der Waals surface area contributed by atoms with Gasteiger partial charge in [-0.2, -0.15) is 5.10 Å². The first-order chi connectivity index (χ1) is 14.8. The van der Waals surface area contributed by atoms with Crippen LogP contribution in [0.4, 0.5) is 5.69 Å². The molecule has 2 N–H and O–H groups in total. The fraction of sp³-hybridized carbons (Fsp3) is 0.182. The Labute approximate surface area is 182 Å². The molecule has 0 atom stereocenters. The maximum Gasteiger partial charge on any atom is 0.439 e. The third-order valence-corrected chi connectivity index (χ3v) is 5.45. The molecule has 0 unspecified atom stereocenters. The normalized spacial score (nSPS) is 11.0.